The lowest BCUT2D eigenvalue weighted by molar-refractivity contribution is -0.149. The molecule has 0 aliphatic heterocycles. The van der Waals surface area contributed by atoms with Gasteiger partial charge in [0.05, 0.1) is 0 Å². The molecule has 0 N–H and O–H groups in total. The largest absolute Gasteiger partial charge is 0.370 e. The molecule has 2 nitrogen and oxygen atoms in total. The predicted molar refractivity (Wildman–Crippen MR) is 61.9 cm³/mol. The second kappa shape index (κ2) is 5.64. The van der Waals surface area contributed by atoms with Gasteiger partial charge in [0.15, 0.2) is 5.78 Å². The van der Waals surface area contributed by atoms with Gasteiger partial charge in [0.25, 0.3) is 0 Å². The van der Waals surface area contributed by atoms with Crippen LogP contribution in [0.15, 0.2) is 0 Å². The molecule has 1 aliphatic carbocycles. The van der Waals surface area contributed by atoms with Gasteiger partial charge in [0.1, 0.15) is 5.60 Å². The summed E-state index contributed by atoms with van der Waals surface area (Å²) in [4.78, 5) is 12.3. The Hall–Kier alpha value is -0.370. The fraction of sp³-hybridized carbons (Fsp3) is 0.923. The molecule has 0 aromatic heterocycles. The van der Waals surface area contributed by atoms with E-state index in [4.69, 9.17) is 4.74 Å². The van der Waals surface area contributed by atoms with Crippen molar-refractivity contribution in [3.05, 3.63) is 0 Å². The Morgan fingerprint density at radius 3 is 2.40 bits per heavy atom. The van der Waals surface area contributed by atoms with Crippen LogP contribution in [0.4, 0.5) is 0 Å². The Morgan fingerprint density at radius 2 is 1.93 bits per heavy atom. The highest BCUT2D eigenvalue weighted by atomic mass is 16.5. The normalized spacial score (nSPS) is 22.3. The molecule has 2 heteroatoms. The first-order valence-corrected chi connectivity index (χ1v) is 6.25. The first-order valence-electron chi connectivity index (χ1n) is 6.25. The Morgan fingerprint density at radius 1 is 1.33 bits per heavy atom. The van der Waals surface area contributed by atoms with Crippen LogP contribution in [0.1, 0.15) is 58.8 Å². The van der Waals surface area contributed by atoms with Crippen molar-refractivity contribution >= 4 is 5.78 Å². The van der Waals surface area contributed by atoms with Gasteiger partial charge in [-0.25, -0.2) is 0 Å². The molecule has 1 fully saturated rings. The Balaban J connectivity index is 2.67. The van der Waals surface area contributed by atoms with Crippen molar-refractivity contribution < 1.29 is 9.53 Å². The first-order chi connectivity index (χ1) is 7.16. The van der Waals surface area contributed by atoms with Gasteiger partial charge in [-0.15, -0.1) is 0 Å². The van der Waals surface area contributed by atoms with Crippen LogP contribution in [-0.2, 0) is 9.53 Å². The van der Waals surface area contributed by atoms with E-state index < -0.39 is 5.60 Å². The topological polar surface area (TPSA) is 26.3 Å². The third-order valence-electron chi connectivity index (χ3n) is 3.67. The molecule has 1 unspecified atom stereocenters. The highest BCUT2D eigenvalue weighted by molar-refractivity contribution is 5.89. The summed E-state index contributed by atoms with van der Waals surface area (Å²) in [6.45, 7) is 4.17. The second-order valence-electron chi connectivity index (χ2n) is 4.81. The molecule has 1 atom stereocenters. The van der Waals surface area contributed by atoms with Gasteiger partial charge in [-0.05, 0) is 19.3 Å². The van der Waals surface area contributed by atoms with Crippen molar-refractivity contribution in [3.8, 4) is 0 Å². The third kappa shape index (κ3) is 2.81. The number of hydrogen-bond donors (Lipinski definition) is 0. The van der Waals surface area contributed by atoms with E-state index in [1.165, 1.54) is 6.42 Å². The number of methoxy groups -OCH3 is 1. The number of hydrogen-bond acceptors (Lipinski definition) is 2. The molecule has 1 aliphatic rings. The lowest BCUT2D eigenvalue weighted by Gasteiger charge is -2.36. The molecule has 88 valence electrons. The quantitative estimate of drug-likeness (QED) is 0.698. The van der Waals surface area contributed by atoms with E-state index in [1.807, 2.05) is 6.92 Å². The van der Waals surface area contributed by atoms with Crippen LogP contribution < -0.4 is 0 Å². The van der Waals surface area contributed by atoms with Gasteiger partial charge in [-0.3, -0.25) is 4.79 Å². The third-order valence-corrected chi connectivity index (χ3v) is 3.67. The van der Waals surface area contributed by atoms with Gasteiger partial charge >= 0.3 is 0 Å². The fourth-order valence-corrected chi connectivity index (χ4v) is 2.69. The molecule has 0 saturated heterocycles. The van der Waals surface area contributed by atoms with Crippen molar-refractivity contribution in [1.82, 2.24) is 0 Å². The molecular weight excluding hydrogens is 188 g/mol. The van der Waals surface area contributed by atoms with Crippen LogP contribution in [0.3, 0.4) is 0 Å². The number of carbonyl (C=O) groups excluding carboxylic acids is 1. The zero-order chi connectivity index (χ0) is 11.3. The van der Waals surface area contributed by atoms with E-state index in [9.17, 15) is 4.79 Å². The standard InChI is InChI=1S/C13H24O2/c1-4-8-11(2)12(14)13(15-3)9-6-5-7-10-13/h11H,4-10H2,1-3H3. The molecule has 0 amide bonds. The van der Waals surface area contributed by atoms with Crippen LogP contribution in [0.2, 0.25) is 0 Å². The highest BCUT2D eigenvalue weighted by Crippen LogP contribution is 2.34. The zero-order valence-corrected chi connectivity index (χ0v) is 10.3. The van der Waals surface area contributed by atoms with E-state index in [2.05, 4.69) is 6.92 Å². The fourth-order valence-electron chi connectivity index (χ4n) is 2.69. The van der Waals surface area contributed by atoms with E-state index in [0.717, 1.165) is 38.5 Å². The van der Waals surface area contributed by atoms with Gasteiger partial charge in [-0.1, -0.05) is 39.5 Å². The van der Waals surface area contributed by atoms with Crippen LogP contribution in [0, 0.1) is 5.92 Å². The van der Waals surface area contributed by atoms with Crippen LogP contribution in [-0.4, -0.2) is 18.5 Å². The lowest BCUT2D eigenvalue weighted by atomic mass is 9.77. The maximum Gasteiger partial charge on any atom is 0.167 e. The van der Waals surface area contributed by atoms with Crippen molar-refractivity contribution in [2.75, 3.05) is 7.11 Å². The summed E-state index contributed by atoms with van der Waals surface area (Å²) in [6.07, 6.45) is 7.45. The minimum atomic E-state index is -0.438. The molecule has 0 bridgehead atoms. The van der Waals surface area contributed by atoms with Gasteiger partial charge < -0.3 is 4.74 Å². The molecule has 0 aromatic carbocycles. The summed E-state index contributed by atoms with van der Waals surface area (Å²) in [5.41, 5.74) is -0.438. The molecule has 0 spiro atoms. The number of Topliss-reactive ketones (excluding diaryl/α,β-unsaturated/α-hetero) is 1. The van der Waals surface area contributed by atoms with Crippen LogP contribution >= 0.6 is 0 Å². The summed E-state index contributed by atoms with van der Waals surface area (Å²) in [5, 5.41) is 0. The number of rotatable bonds is 5. The Kier molecular flexibility index (Phi) is 4.78. The molecule has 0 radical (unpaired) electrons. The van der Waals surface area contributed by atoms with Gasteiger partial charge in [0, 0.05) is 13.0 Å². The summed E-state index contributed by atoms with van der Waals surface area (Å²) >= 11 is 0. The molecule has 0 heterocycles. The molecular formula is C13H24O2. The summed E-state index contributed by atoms with van der Waals surface area (Å²) in [5.74, 6) is 0.500. The summed E-state index contributed by atoms with van der Waals surface area (Å²) < 4.78 is 5.56. The Labute approximate surface area is 93.4 Å². The van der Waals surface area contributed by atoms with Gasteiger partial charge in [0.2, 0.25) is 0 Å². The minimum absolute atomic E-state index is 0.160. The summed E-state index contributed by atoms with van der Waals surface area (Å²) in [7, 11) is 1.70. The Bertz CT molecular complexity index is 205. The van der Waals surface area contributed by atoms with Crippen molar-refractivity contribution in [3.63, 3.8) is 0 Å². The van der Waals surface area contributed by atoms with E-state index in [0.29, 0.717) is 5.78 Å². The monoisotopic (exact) mass is 212 g/mol. The second-order valence-corrected chi connectivity index (χ2v) is 4.81. The maximum absolute atomic E-state index is 12.3. The molecule has 15 heavy (non-hydrogen) atoms. The van der Waals surface area contributed by atoms with E-state index >= 15 is 0 Å². The number of carbonyl (C=O) groups is 1. The minimum Gasteiger partial charge on any atom is -0.370 e. The highest BCUT2D eigenvalue weighted by Gasteiger charge is 2.41. The number of ketones is 1. The van der Waals surface area contributed by atoms with Crippen LogP contribution in [0.25, 0.3) is 0 Å². The van der Waals surface area contributed by atoms with E-state index in [-0.39, 0.29) is 5.92 Å². The van der Waals surface area contributed by atoms with Gasteiger partial charge in [-0.2, -0.15) is 0 Å². The van der Waals surface area contributed by atoms with Crippen molar-refractivity contribution in [1.29, 1.82) is 0 Å². The number of ether oxygens (including phenoxy) is 1. The van der Waals surface area contributed by atoms with Crippen molar-refractivity contribution in [2.24, 2.45) is 5.92 Å². The molecule has 1 saturated carbocycles. The zero-order valence-electron chi connectivity index (χ0n) is 10.3. The average Bonchev–Trinajstić information content (AvgIpc) is 2.29. The summed E-state index contributed by atoms with van der Waals surface area (Å²) in [6, 6.07) is 0. The first kappa shape index (κ1) is 12.7. The van der Waals surface area contributed by atoms with Crippen molar-refractivity contribution in [2.45, 2.75) is 64.4 Å². The average molecular weight is 212 g/mol. The smallest absolute Gasteiger partial charge is 0.167 e. The SMILES string of the molecule is CCCC(C)C(=O)C1(OC)CCCCC1. The lowest BCUT2D eigenvalue weighted by Crippen LogP contribution is -2.45. The maximum atomic E-state index is 12.3. The molecule has 0 aromatic rings. The van der Waals surface area contributed by atoms with Crippen LogP contribution in [0.5, 0.6) is 0 Å². The predicted octanol–water partition coefficient (Wildman–Crippen LogP) is 3.34. The molecule has 1 rings (SSSR count). The van der Waals surface area contributed by atoms with E-state index in [1.54, 1.807) is 7.11 Å².